The molecule has 0 saturated carbocycles. The van der Waals surface area contributed by atoms with Gasteiger partial charge in [0.1, 0.15) is 48.8 Å². The summed E-state index contributed by atoms with van der Waals surface area (Å²) in [5.74, 6) is -0.232. The molecule has 536 valence electrons. The number of hydrogen-bond acceptors (Lipinski definition) is 13. The third-order valence-electron chi connectivity index (χ3n) is 19.1. The van der Waals surface area contributed by atoms with Crippen LogP contribution < -0.4 is 5.32 Å². The highest BCUT2D eigenvalue weighted by Gasteiger charge is 2.51. The second-order valence-electron chi connectivity index (χ2n) is 27.5. The van der Waals surface area contributed by atoms with Crippen molar-refractivity contribution in [2.45, 2.75) is 428 Å². The molecule has 0 radical (unpaired) electrons. The molecule has 12 unspecified atom stereocenters. The predicted molar refractivity (Wildman–Crippen MR) is 374 cm³/mol. The van der Waals surface area contributed by atoms with Gasteiger partial charge in [0, 0.05) is 6.42 Å². The van der Waals surface area contributed by atoms with Crippen molar-refractivity contribution >= 4 is 5.91 Å². The Morgan fingerprint density at radius 2 is 0.725 bits per heavy atom. The van der Waals surface area contributed by atoms with Crippen molar-refractivity contribution in [3.05, 3.63) is 36.5 Å². The number of amides is 1. The molecule has 0 aromatic heterocycles. The Morgan fingerprint density at radius 1 is 0.396 bits per heavy atom. The van der Waals surface area contributed by atoms with E-state index in [0.717, 1.165) is 44.9 Å². The Balaban J connectivity index is 1.56. The minimum absolute atomic E-state index is 0.232. The lowest BCUT2D eigenvalue weighted by Gasteiger charge is -2.46. The number of nitrogens with one attached hydrogen (secondary N) is 1. The minimum atomic E-state index is -1.79. The molecule has 91 heavy (non-hydrogen) atoms. The van der Waals surface area contributed by atoms with Crippen LogP contribution in [0.3, 0.4) is 0 Å². The SMILES string of the molecule is CCCCCCC/C=C\C/C=C\CCCCCCCCCCCCCCCCCCCCCCCCCCCCCC(=O)NC(COC1OC(CO)C(OC2OC(CO)C(O)C(O)C2O)C(O)C1O)C(O)/C=C/CCCCCCCCCCCCCCCCCC. The number of hydrogen-bond donors (Lipinski definition) is 9. The third kappa shape index (κ3) is 45.4. The number of unbranched alkanes of at least 4 members (excludes halogenated alkanes) is 48. The van der Waals surface area contributed by atoms with Crippen LogP contribution in [0.25, 0.3) is 0 Å². The van der Waals surface area contributed by atoms with Gasteiger partial charge >= 0.3 is 0 Å². The first-order chi connectivity index (χ1) is 44.6. The van der Waals surface area contributed by atoms with Crippen molar-refractivity contribution in [1.82, 2.24) is 5.32 Å². The van der Waals surface area contributed by atoms with Gasteiger partial charge in [-0.1, -0.05) is 333 Å². The van der Waals surface area contributed by atoms with Crippen LogP contribution >= 0.6 is 0 Å². The molecule has 2 rings (SSSR count). The standard InChI is InChI=1S/C77H145NO13/c1-3-5-7-9-11-13-15-17-19-21-23-24-25-26-27-28-29-30-31-32-33-34-35-36-37-38-39-40-41-42-43-45-47-49-51-53-55-57-59-61-69(82)78-65(66(81)60-58-56-54-52-50-48-46-44-22-20-18-16-14-12-10-8-6-4-2)64-88-76-74(87)72(85)75(68(63-80)90-76)91-77-73(86)71(84)70(83)67(62-79)89-77/h15,17,21,23,58,60,65-68,70-77,79-81,83-87H,3-14,16,18-20,22,24-57,59,61-64H2,1-2H3,(H,78,82)/b17-15-,23-21-,60-58+. The van der Waals surface area contributed by atoms with E-state index in [1.54, 1.807) is 6.08 Å². The number of ether oxygens (including phenoxy) is 4. The third-order valence-corrected chi connectivity index (χ3v) is 19.1. The number of allylic oxidation sites excluding steroid dienone is 5. The molecule has 0 aliphatic carbocycles. The van der Waals surface area contributed by atoms with Gasteiger partial charge in [0.25, 0.3) is 0 Å². The first kappa shape index (κ1) is 85.3. The maximum atomic E-state index is 13.3. The lowest BCUT2D eigenvalue weighted by Crippen LogP contribution is -2.65. The topological polar surface area (TPSA) is 228 Å². The first-order valence-corrected chi connectivity index (χ1v) is 38.7. The number of carbonyl (C=O) groups excluding carboxylic acids is 1. The number of carbonyl (C=O) groups is 1. The molecule has 2 aliphatic rings. The van der Waals surface area contributed by atoms with Crippen LogP contribution in [0.2, 0.25) is 0 Å². The van der Waals surface area contributed by atoms with Crippen molar-refractivity contribution in [2.24, 2.45) is 0 Å². The Hall–Kier alpha value is -1.79. The van der Waals surface area contributed by atoms with Crippen LogP contribution in [0.1, 0.15) is 354 Å². The minimum Gasteiger partial charge on any atom is -0.394 e. The van der Waals surface area contributed by atoms with Crippen molar-refractivity contribution in [3.63, 3.8) is 0 Å². The summed E-state index contributed by atoms with van der Waals surface area (Å²) in [4.78, 5) is 13.3. The summed E-state index contributed by atoms with van der Waals surface area (Å²) in [6.45, 7) is 2.84. The Morgan fingerprint density at radius 3 is 1.10 bits per heavy atom. The molecule has 0 aromatic carbocycles. The second kappa shape index (κ2) is 61.8. The van der Waals surface area contributed by atoms with E-state index >= 15 is 0 Å². The zero-order valence-electron chi connectivity index (χ0n) is 58.6. The summed E-state index contributed by atoms with van der Waals surface area (Å²) in [5, 5.41) is 87.5. The van der Waals surface area contributed by atoms with Gasteiger partial charge in [0.2, 0.25) is 5.91 Å². The number of aliphatic hydroxyl groups is 8. The van der Waals surface area contributed by atoms with Gasteiger partial charge < -0.3 is 65.1 Å². The largest absolute Gasteiger partial charge is 0.394 e. The number of aliphatic hydroxyl groups excluding tert-OH is 8. The summed E-state index contributed by atoms with van der Waals surface area (Å²) in [7, 11) is 0. The lowest BCUT2D eigenvalue weighted by atomic mass is 9.97. The Kier molecular flexibility index (Phi) is 57.9. The van der Waals surface area contributed by atoms with Gasteiger partial charge in [0.05, 0.1) is 32.0 Å². The fraction of sp³-hybridized carbons (Fsp3) is 0.909. The van der Waals surface area contributed by atoms with Crippen LogP contribution in [-0.2, 0) is 23.7 Å². The van der Waals surface area contributed by atoms with Crippen molar-refractivity contribution < 1.29 is 64.6 Å². The zero-order chi connectivity index (χ0) is 65.9. The van der Waals surface area contributed by atoms with E-state index in [4.69, 9.17) is 18.9 Å². The maximum absolute atomic E-state index is 13.3. The summed E-state index contributed by atoms with van der Waals surface area (Å²) in [6.07, 6.45) is 63.8. The average Bonchev–Trinajstić information content (AvgIpc) is 1.19. The highest BCUT2D eigenvalue weighted by atomic mass is 16.7. The van der Waals surface area contributed by atoms with Crippen LogP contribution in [0, 0.1) is 0 Å². The van der Waals surface area contributed by atoms with Crippen LogP contribution in [0.15, 0.2) is 36.5 Å². The molecule has 0 spiro atoms. The summed E-state index contributed by atoms with van der Waals surface area (Å²) in [6, 6.07) is -0.913. The van der Waals surface area contributed by atoms with E-state index in [0.29, 0.717) is 6.42 Å². The maximum Gasteiger partial charge on any atom is 0.220 e. The van der Waals surface area contributed by atoms with E-state index in [1.807, 2.05) is 6.08 Å². The van der Waals surface area contributed by atoms with E-state index in [1.165, 1.54) is 283 Å². The lowest BCUT2D eigenvalue weighted by molar-refractivity contribution is -0.359. The Labute approximate surface area is 557 Å². The molecular formula is C77H145NO13. The van der Waals surface area contributed by atoms with Crippen molar-refractivity contribution in [3.8, 4) is 0 Å². The predicted octanol–water partition coefficient (Wildman–Crippen LogP) is 16.9. The molecule has 12 atom stereocenters. The highest BCUT2D eigenvalue weighted by Crippen LogP contribution is 2.30. The normalized spacial score (nSPS) is 22.9. The van der Waals surface area contributed by atoms with E-state index in [2.05, 4.69) is 43.5 Å². The van der Waals surface area contributed by atoms with Gasteiger partial charge in [0.15, 0.2) is 12.6 Å². The highest BCUT2D eigenvalue weighted by molar-refractivity contribution is 5.76. The van der Waals surface area contributed by atoms with Crippen molar-refractivity contribution in [2.75, 3.05) is 19.8 Å². The monoisotopic (exact) mass is 1290 g/mol. The van der Waals surface area contributed by atoms with E-state index < -0.39 is 86.8 Å². The fourth-order valence-electron chi connectivity index (χ4n) is 12.9. The molecule has 1 amide bonds. The molecule has 2 fully saturated rings. The second-order valence-corrected chi connectivity index (χ2v) is 27.5. The van der Waals surface area contributed by atoms with Crippen LogP contribution in [0.5, 0.6) is 0 Å². The molecule has 2 saturated heterocycles. The molecule has 14 heteroatoms. The average molecular weight is 1290 g/mol. The van der Waals surface area contributed by atoms with Gasteiger partial charge in [-0.25, -0.2) is 0 Å². The van der Waals surface area contributed by atoms with Gasteiger partial charge in [-0.15, -0.1) is 0 Å². The molecule has 9 N–H and O–H groups in total. The van der Waals surface area contributed by atoms with E-state index in [-0.39, 0.29) is 18.9 Å². The summed E-state index contributed by atoms with van der Waals surface area (Å²) in [5.41, 5.74) is 0. The first-order valence-electron chi connectivity index (χ1n) is 38.7. The van der Waals surface area contributed by atoms with Gasteiger partial charge in [-0.2, -0.15) is 0 Å². The van der Waals surface area contributed by atoms with Crippen LogP contribution in [-0.4, -0.2) is 140 Å². The summed E-state index contributed by atoms with van der Waals surface area (Å²) >= 11 is 0. The fourth-order valence-corrected chi connectivity index (χ4v) is 12.9. The summed E-state index contributed by atoms with van der Waals surface area (Å²) < 4.78 is 22.9. The molecule has 0 aromatic rings. The molecule has 14 nitrogen and oxygen atoms in total. The molecule has 2 heterocycles. The quantitative estimate of drug-likeness (QED) is 0.0204. The Bertz CT molecular complexity index is 1670. The number of rotatable bonds is 65. The molecule has 0 bridgehead atoms. The molecular weight excluding hydrogens is 1150 g/mol. The zero-order valence-corrected chi connectivity index (χ0v) is 58.6. The van der Waals surface area contributed by atoms with Crippen LogP contribution in [0.4, 0.5) is 0 Å². The van der Waals surface area contributed by atoms with Gasteiger partial charge in [-0.3, -0.25) is 4.79 Å². The van der Waals surface area contributed by atoms with Gasteiger partial charge in [-0.05, 0) is 51.4 Å². The molecule has 2 aliphatic heterocycles. The smallest absolute Gasteiger partial charge is 0.220 e. The van der Waals surface area contributed by atoms with E-state index in [9.17, 15) is 45.6 Å². The van der Waals surface area contributed by atoms with Crippen molar-refractivity contribution in [1.29, 1.82) is 0 Å².